The van der Waals surface area contributed by atoms with Gasteiger partial charge in [0.15, 0.2) is 0 Å². The molecule has 4 unspecified atom stereocenters. The van der Waals surface area contributed by atoms with E-state index in [1.807, 2.05) is 30.3 Å². The monoisotopic (exact) mass is 1440 g/mol. The molecule has 4 aromatic rings. The Kier molecular flexibility index (Phi) is 32.8. The molecule has 4 heterocycles. The van der Waals surface area contributed by atoms with Crippen molar-refractivity contribution in [3.8, 4) is 0 Å². The van der Waals surface area contributed by atoms with Gasteiger partial charge in [-0.05, 0) is 160 Å². The molecule has 7 atom stereocenters. The zero-order valence-corrected chi connectivity index (χ0v) is 57.9. The van der Waals surface area contributed by atoms with Crippen molar-refractivity contribution in [2.24, 2.45) is 0 Å². The van der Waals surface area contributed by atoms with E-state index in [1.54, 1.807) is 45.0 Å². The lowest BCUT2D eigenvalue weighted by Gasteiger charge is -2.26. The number of hydrogen-bond acceptors (Lipinski definition) is 22. The minimum absolute atomic E-state index is 0.00656. The number of nitrogens with zero attached hydrogens (tertiary/aromatic N) is 4. The fraction of sp³-hybridized carbons (Fsp3) is 0.433. The Bertz CT molecular complexity index is 3610. The van der Waals surface area contributed by atoms with Gasteiger partial charge in [0.25, 0.3) is 23.6 Å². The molecular formula is C67H89N15O21. The van der Waals surface area contributed by atoms with E-state index in [-0.39, 0.29) is 48.1 Å². The van der Waals surface area contributed by atoms with Crippen LogP contribution in [0.2, 0.25) is 0 Å². The highest BCUT2D eigenvalue weighted by Gasteiger charge is 2.39. The average Bonchev–Trinajstić information content (AvgIpc) is 1.75. The number of para-hydroxylation sites is 2. The van der Waals surface area contributed by atoms with Gasteiger partial charge in [-0.3, -0.25) is 67.5 Å². The first-order valence-corrected chi connectivity index (χ1v) is 33.1. The molecule has 0 spiro atoms. The van der Waals surface area contributed by atoms with Crippen LogP contribution in [-0.2, 0) is 52.5 Å². The van der Waals surface area contributed by atoms with Gasteiger partial charge in [-0.15, -0.1) is 0 Å². The molecule has 103 heavy (non-hydrogen) atoms. The summed E-state index contributed by atoms with van der Waals surface area (Å²) in [4.78, 5) is 172. The number of hydrazine groups is 4. The first-order chi connectivity index (χ1) is 49.2. The summed E-state index contributed by atoms with van der Waals surface area (Å²) < 4.78 is 19.2. The second-order valence-corrected chi connectivity index (χ2v) is 23.1. The van der Waals surface area contributed by atoms with E-state index >= 15 is 0 Å². The molecule has 0 radical (unpaired) electrons. The summed E-state index contributed by atoms with van der Waals surface area (Å²) in [6, 6.07) is 20.6. The number of carbonyl (C=O) groups is 14. The Morgan fingerprint density at radius 2 is 0.757 bits per heavy atom. The maximum Gasteiger partial charge on any atom is 0.410 e. The highest BCUT2D eigenvalue weighted by atomic mass is 16.5. The lowest BCUT2D eigenvalue weighted by molar-refractivity contribution is -0.145. The van der Waals surface area contributed by atoms with Gasteiger partial charge in [0.2, 0.25) is 0 Å². The number of rotatable bonds is 24. The minimum Gasteiger partial charge on any atom is -0.478 e. The zero-order valence-electron chi connectivity index (χ0n) is 57.9. The number of hydrogen-bond donors (Lipinski definition) is 14. The smallest absolute Gasteiger partial charge is 0.410 e. The van der Waals surface area contributed by atoms with Crippen LogP contribution in [0.5, 0.6) is 0 Å². The second kappa shape index (κ2) is 41.4. The zero-order chi connectivity index (χ0) is 75.7. The van der Waals surface area contributed by atoms with E-state index in [0.29, 0.717) is 82.5 Å². The second-order valence-electron chi connectivity index (χ2n) is 23.1. The Morgan fingerprint density at radius 1 is 0.408 bits per heavy atom. The number of carboxylic acids is 3. The van der Waals surface area contributed by atoms with Crippen molar-refractivity contribution in [3.63, 3.8) is 0 Å². The maximum absolute atomic E-state index is 12.5. The van der Waals surface area contributed by atoms with Crippen molar-refractivity contribution in [2.45, 2.75) is 135 Å². The Hall–Kier alpha value is -12.1. The summed E-state index contributed by atoms with van der Waals surface area (Å²) in [5.41, 5.74) is 23.0. The summed E-state index contributed by atoms with van der Waals surface area (Å²) in [5, 5.41) is 34.6. The van der Waals surface area contributed by atoms with Crippen LogP contribution in [0.15, 0.2) is 103 Å². The summed E-state index contributed by atoms with van der Waals surface area (Å²) in [5.74, 6) is -6.43. The molecule has 4 aliphatic rings. The van der Waals surface area contributed by atoms with Crippen LogP contribution in [0.1, 0.15) is 124 Å². The molecule has 0 aromatic heterocycles. The SMILES string of the molecule is CCOC(=O)C(C)NC(=O)N1CCC[C@H]1C(=O)NNc1ccc(C(=O)O)cc1.CCOC(=O)C(C)NC(=O)N1CCC[C@H]1C(=O)NNc1cccc(C(=O)O)c1.CCOC(=O)C(C)NC(=O)N1CCC[C@H]1C(=O)NNc1ccccc1C(=O)O.COC(=O)N1CCCC1C(=O)NNc1ccccc1. The normalized spacial score (nSPS) is 17.0. The van der Waals surface area contributed by atoms with Gasteiger partial charge in [0, 0.05) is 26.2 Å². The van der Waals surface area contributed by atoms with Crippen molar-refractivity contribution < 1.29 is 101 Å². The van der Waals surface area contributed by atoms with Crippen LogP contribution < -0.4 is 59.4 Å². The molecule has 4 saturated heterocycles. The number of aromatic carboxylic acids is 3. The molecule has 4 fully saturated rings. The van der Waals surface area contributed by atoms with Crippen LogP contribution in [0.25, 0.3) is 0 Å². The van der Waals surface area contributed by atoms with Gasteiger partial charge in [0.05, 0.1) is 66.4 Å². The largest absolute Gasteiger partial charge is 0.478 e. The van der Waals surface area contributed by atoms with Crippen LogP contribution in [0.4, 0.5) is 41.9 Å². The average molecular weight is 1440 g/mol. The lowest BCUT2D eigenvalue weighted by atomic mass is 10.2. The molecule has 0 aliphatic carbocycles. The molecule has 4 aliphatic heterocycles. The summed E-state index contributed by atoms with van der Waals surface area (Å²) in [6.07, 6.45) is 4.35. The topological polar surface area (TPSA) is 482 Å². The van der Waals surface area contributed by atoms with Crippen molar-refractivity contribution in [2.75, 3.05) is 74.8 Å². The number of ether oxygens (including phenoxy) is 4. The van der Waals surface area contributed by atoms with Crippen LogP contribution in [0.3, 0.4) is 0 Å². The number of likely N-dealkylation sites (tertiary alicyclic amines) is 4. The summed E-state index contributed by atoms with van der Waals surface area (Å²) >= 11 is 0. The number of urea groups is 3. The standard InChI is InChI=1S/3C18H24N4O6.C13H17N3O3/c1-3-28-17(26)11(2)19-18(27)22-9-5-8-14(22)15(23)21-20-13-7-4-6-12(10-13)16(24)25;1-3-28-17(26)11(2)19-18(27)22-10-4-5-14(22)15(23)21-20-13-8-6-12(7-9-13)16(24)25;1-3-28-17(26)11(2)19-18(27)22-10-6-9-14(22)15(23)21-20-13-8-5-4-7-12(13)16(24)25;1-19-13(18)16-9-5-8-11(16)12(17)15-14-10-6-3-2-4-7-10/h4,6-7,10-11,14,20H,3,5,8-9H2,1-2H3,(H,19,27)(H,21,23)(H,24,25);6-9,11,14,20H,3-5,10H2,1-2H3,(H,19,27)(H,21,23)(H,24,25);4-5,7-8,11,14,20H,3,6,9-10H2,1-2H3,(H,19,27)(H,21,23)(H,24,25);2-4,6-7,11,14H,5,8-9H2,1H3,(H,15,17)/t3*11?,14-;/m000./s1. The third kappa shape index (κ3) is 25.2. The predicted octanol–water partition coefficient (Wildman–Crippen LogP) is 4.22. The third-order valence-corrected chi connectivity index (χ3v) is 15.8. The van der Waals surface area contributed by atoms with E-state index in [4.69, 9.17) is 24.4 Å². The molecule has 558 valence electrons. The Balaban J connectivity index is 0.000000249. The first-order valence-electron chi connectivity index (χ1n) is 33.1. The third-order valence-electron chi connectivity index (χ3n) is 15.8. The number of nitrogens with one attached hydrogen (secondary N) is 11. The van der Waals surface area contributed by atoms with Crippen molar-refractivity contribution in [1.82, 2.24) is 57.3 Å². The lowest BCUT2D eigenvalue weighted by Crippen LogP contribution is -2.53. The summed E-state index contributed by atoms with van der Waals surface area (Å²) in [7, 11) is 1.32. The molecule has 0 bridgehead atoms. The van der Waals surface area contributed by atoms with Crippen molar-refractivity contribution in [1.29, 1.82) is 0 Å². The van der Waals surface area contributed by atoms with Crippen molar-refractivity contribution >= 4 is 106 Å². The molecule has 4 aromatic carbocycles. The first kappa shape index (κ1) is 81.5. The summed E-state index contributed by atoms with van der Waals surface area (Å²) in [6.45, 7) is 11.9. The van der Waals surface area contributed by atoms with Gasteiger partial charge in [-0.2, -0.15) is 0 Å². The Labute approximate surface area is 592 Å². The van der Waals surface area contributed by atoms with Gasteiger partial charge in [-0.1, -0.05) is 36.4 Å². The van der Waals surface area contributed by atoms with E-state index in [1.165, 1.54) is 96.0 Å². The van der Waals surface area contributed by atoms with Crippen molar-refractivity contribution in [3.05, 3.63) is 120 Å². The number of carboxylic acid groups (broad SMARTS) is 3. The molecule has 36 nitrogen and oxygen atoms in total. The van der Waals surface area contributed by atoms with E-state index in [2.05, 4.69) is 64.1 Å². The van der Waals surface area contributed by atoms with E-state index in [0.717, 1.165) is 12.1 Å². The van der Waals surface area contributed by atoms with Gasteiger partial charge < -0.3 is 64.9 Å². The fourth-order valence-electron chi connectivity index (χ4n) is 10.6. The van der Waals surface area contributed by atoms with Crippen LogP contribution in [0, 0.1) is 0 Å². The predicted molar refractivity (Wildman–Crippen MR) is 369 cm³/mol. The van der Waals surface area contributed by atoms with Gasteiger partial charge in [0.1, 0.15) is 42.3 Å². The molecular weight excluding hydrogens is 1350 g/mol. The number of carbonyl (C=O) groups excluding carboxylic acids is 11. The minimum atomic E-state index is -1.13. The van der Waals surface area contributed by atoms with E-state index < -0.39 is 120 Å². The highest BCUT2D eigenvalue weighted by Crippen LogP contribution is 2.23. The number of anilines is 4. The maximum atomic E-state index is 12.5. The van der Waals surface area contributed by atoms with Gasteiger partial charge in [-0.25, -0.2) is 47.9 Å². The number of benzene rings is 4. The number of esters is 3. The molecule has 36 heteroatoms. The highest BCUT2D eigenvalue weighted by molar-refractivity contribution is 5.96. The van der Waals surface area contributed by atoms with Crippen LogP contribution in [-0.4, -0.2) is 214 Å². The number of amides is 11. The Morgan fingerprint density at radius 3 is 1.15 bits per heavy atom. The quantitative estimate of drug-likeness (QED) is 0.0265. The molecule has 11 amide bonds. The molecule has 14 N–H and O–H groups in total. The van der Waals surface area contributed by atoms with Crippen LogP contribution >= 0.6 is 0 Å². The van der Waals surface area contributed by atoms with Gasteiger partial charge >= 0.3 is 60.0 Å². The fourth-order valence-corrected chi connectivity index (χ4v) is 10.6. The molecule has 0 saturated carbocycles. The number of methoxy groups -OCH3 is 1. The molecule has 8 rings (SSSR count). The van der Waals surface area contributed by atoms with E-state index in [9.17, 15) is 72.2 Å².